The number of nitrogens with zero attached hydrogens (tertiary/aromatic N) is 3. The van der Waals surface area contributed by atoms with E-state index in [1.165, 1.54) is 19.3 Å². The summed E-state index contributed by atoms with van der Waals surface area (Å²) < 4.78 is 0. The van der Waals surface area contributed by atoms with E-state index in [4.69, 9.17) is 0 Å². The molecule has 1 aliphatic carbocycles. The molecule has 2 aromatic rings. The van der Waals surface area contributed by atoms with Crippen molar-refractivity contribution in [1.82, 2.24) is 15.3 Å². The summed E-state index contributed by atoms with van der Waals surface area (Å²) >= 11 is 0. The molecule has 1 aromatic carbocycles. The first kappa shape index (κ1) is 15.4. The van der Waals surface area contributed by atoms with E-state index in [0.717, 1.165) is 48.9 Å². The predicted molar refractivity (Wildman–Crippen MR) is 94.9 cm³/mol. The van der Waals surface area contributed by atoms with Gasteiger partial charge in [-0.05, 0) is 37.8 Å². The molecule has 2 fully saturated rings. The maximum Gasteiger partial charge on any atom is 0.242 e. The maximum atomic E-state index is 12.8. The maximum absolute atomic E-state index is 12.8. The average Bonchev–Trinajstić information content (AvgIpc) is 3.12. The largest absolute Gasteiger partial charge is 0.352 e. The topological polar surface area (TPSA) is 58.1 Å². The summed E-state index contributed by atoms with van der Waals surface area (Å²) in [5.41, 5.74) is 0.931. The predicted octanol–water partition coefficient (Wildman–Crippen LogP) is 3.05. The minimum atomic E-state index is -0.106. The summed E-state index contributed by atoms with van der Waals surface area (Å²) in [5, 5.41) is 4.31. The number of carbonyl (C=O) groups is 1. The highest BCUT2D eigenvalue weighted by atomic mass is 16.2. The molecule has 0 spiro atoms. The van der Waals surface area contributed by atoms with Gasteiger partial charge in [-0.15, -0.1) is 0 Å². The molecule has 1 N–H and O–H groups in total. The molecule has 1 amide bonds. The van der Waals surface area contributed by atoms with E-state index in [9.17, 15) is 4.79 Å². The molecule has 1 saturated heterocycles. The van der Waals surface area contributed by atoms with Crippen LogP contribution in [0.3, 0.4) is 0 Å². The van der Waals surface area contributed by atoms with Crippen molar-refractivity contribution in [3.8, 4) is 0 Å². The SMILES string of the molecule is O=C(NC1CCCCC1)C1CCCN1c1ncnc2ccccc12. The Balaban J connectivity index is 1.56. The van der Waals surface area contributed by atoms with E-state index >= 15 is 0 Å². The van der Waals surface area contributed by atoms with E-state index in [-0.39, 0.29) is 11.9 Å². The summed E-state index contributed by atoms with van der Waals surface area (Å²) in [6.07, 6.45) is 9.54. The number of nitrogens with one attached hydrogen (secondary N) is 1. The molecular formula is C19H24N4O. The molecule has 0 bridgehead atoms. The number of rotatable bonds is 3. The van der Waals surface area contributed by atoms with E-state index < -0.39 is 0 Å². The molecule has 24 heavy (non-hydrogen) atoms. The van der Waals surface area contributed by atoms with Crippen LogP contribution in [0.25, 0.3) is 10.9 Å². The van der Waals surface area contributed by atoms with Crippen LogP contribution in [0, 0.1) is 0 Å². The van der Waals surface area contributed by atoms with Gasteiger partial charge in [0.2, 0.25) is 5.91 Å². The van der Waals surface area contributed by atoms with Crippen LogP contribution in [0.4, 0.5) is 5.82 Å². The first-order chi connectivity index (χ1) is 11.8. The van der Waals surface area contributed by atoms with Crippen molar-refractivity contribution in [2.24, 2.45) is 0 Å². The van der Waals surface area contributed by atoms with Gasteiger partial charge in [0.1, 0.15) is 18.2 Å². The molecule has 0 radical (unpaired) electrons. The summed E-state index contributed by atoms with van der Waals surface area (Å²) in [6.45, 7) is 0.879. The highest BCUT2D eigenvalue weighted by Crippen LogP contribution is 2.29. The van der Waals surface area contributed by atoms with Gasteiger partial charge in [-0.2, -0.15) is 0 Å². The lowest BCUT2D eigenvalue weighted by Gasteiger charge is -2.29. The summed E-state index contributed by atoms with van der Waals surface area (Å²) in [5.74, 6) is 1.06. The number of fused-ring (bicyclic) bond motifs is 1. The van der Waals surface area contributed by atoms with Crippen LogP contribution < -0.4 is 10.2 Å². The third kappa shape index (κ3) is 2.95. The van der Waals surface area contributed by atoms with Gasteiger partial charge in [-0.1, -0.05) is 31.4 Å². The van der Waals surface area contributed by atoms with Gasteiger partial charge >= 0.3 is 0 Å². The fraction of sp³-hybridized carbons (Fsp3) is 0.526. The normalized spacial score (nSPS) is 22.0. The lowest BCUT2D eigenvalue weighted by Crippen LogP contribution is -2.47. The quantitative estimate of drug-likeness (QED) is 0.943. The second-order valence-corrected chi connectivity index (χ2v) is 6.91. The molecule has 1 saturated carbocycles. The van der Waals surface area contributed by atoms with Gasteiger partial charge < -0.3 is 10.2 Å². The van der Waals surface area contributed by atoms with E-state index in [1.54, 1.807) is 6.33 Å². The molecule has 126 valence electrons. The zero-order valence-corrected chi connectivity index (χ0v) is 13.9. The van der Waals surface area contributed by atoms with Gasteiger partial charge in [0.25, 0.3) is 0 Å². The first-order valence-electron chi connectivity index (χ1n) is 9.10. The zero-order chi connectivity index (χ0) is 16.4. The van der Waals surface area contributed by atoms with Crippen LogP contribution in [0.2, 0.25) is 0 Å². The Morgan fingerprint density at radius 1 is 1.04 bits per heavy atom. The van der Waals surface area contributed by atoms with Crippen molar-refractivity contribution >= 4 is 22.6 Å². The first-order valence-corrected chi connectivity index (χ1v) is 9.10. The highest BCUT2D eigenvalue weighted by molar-refractivity contribution is 5.93. The average molecular weight is 324 g/mol. The molecular weight excluding hydrogens is 300 g/mol. The van der Waals surface area contributed by atoms with Gasteiger partial charge in [0.05, 0.1) is 5.52 Å². The number of benzene rings is 1. The van der Waals surface area contributed by atoms with Crippen LogP contribution in [-0.4, -0.2) is 34.5 Å². The summed E-state index contributed by atoms with van der Waals surface area (Å²) in [4.78, 5) is 23.8. The molecule has 4 rings (SSSR count). The number of carbonyl (C=O) groups excluding carboxylic acids is 1. The van der Waals surface area contributed by atoms with E-state index in [0.29, 0.717) is 6.04 Å². The standard InChI is InChI=1S/C19H24N4O/c24-19(22-14-7-2-1-3-8-14)17-11-6-12-23(17)18-15-9-4-5-10-16(15)20-13-21-18/h4-5,9-10,13-14,17H,1-3,6-8,11-12H2,(H,22,24). The Morgan fingerprint density at radius 3 is 2.75 bits per heavy atom. The van der Waals surface area contributed by atoms with Crippen molar-refractivity contribution < 1.29 is 4.79 Å². The number of hydrogen-bond acceptors (Lipinski definition) is 4. The van der Waals surface area contributed by atoms with Gasteiger partial charge in [0.15, 0.2) is 0 Å². The third-order valence-electron chi connectivity index (χ3n) is 5.30. The third-order valence-corrected chi connectivity index (χ3v) is 5.30. The Labute approximate surface area is 142 Å². The van der Waals surface area contributed by atoms with Crippen molar-refractivity contribution in [3.63, 3.8) is 0 Å². The number of para-hydroxylation sites is 1. The fourth-order valence-electron chi connectivity index (χ4n) is 4.06. The molecule has 5 nitrogen and oxygen atoms in total. The number of amides is 1. The monoisotopic (exact) mass is 324 g/mol. The summed E-state index contributed by atoms with van der Waals surface area (Å²) in [7, 11) is 0. The lowest BCUT2D eigenvalue weighted by atomic mass is 9.95. The van der Waals surface area contributed by atoms with Crippen molar-refractivity contribution in [2.45, 2.75) is 57.0 Å². The minimum Gasteiger partial charge on any atom is -0.352 e. The van der Waals surface area contributed by atoms with Gasteiger partial charge in [-0.25, -0.2) is 9.97 Å². The van der Waals surface area contributed by atoms with Crippen LogP contribution in [0.5, 0.6) is 0 Å². The second kappa shape index (κ2) is 6.75. The Kier molecular flexibility index (Phi) is 4.32. The summed E-state index contributed by atoms with van der Waals surface area (Å²) in [6, 6.07) is 8.27. The number of aromatic nitrogens is 2. The smallest absolute Gasteiger partial charge is 0.242 e. The molecule has 1 atom stereocenters. The van der Waals surface area contributed by atoms with Crippen LogP contribution in [0.1, 0.15) is 44.9 Å². The molecule has 2 heterocycles. The molecule has 5 heteroatoms. The molecule has 2 aliphatic rings. The lowest BCUT2D eigenvalue weighted by molar-refractivity contribution is -0.123. The zero-order valence-electron chi connectivity index (χ0n) is 13.9. The van der Waals surface area contributed by atoms with Crippen molar-refractivity contribution in [2.75, 3.05) is 11.4 Å². The Morgan fingerprint density at radius 2 is 1.88 bits per heavy atom. The van der Waals surface area contributed by atoms with Crippen LogP contribution >= 0.6 is 0 Å². The van der Waals surface area contributed by atoms with Crippen molar-refractivity contribution in [3.05, 3.63) is 30.6 Å². The Hall–Kier alpha value is -2.17. The van der Waals surface area contributed by atoms with E-state index in [2.05, 4.69) is 20.2 Å². The Bertz CT molecular complexity index is 721. The molecule has 1 aliphatic heterocycles. The fourth-order valence-corrected chi connectivity index (χ4v) is 4.06. The van der Waals surface area contributed by atoms with Gasteiger partial charge in [-0.3, -0.25) is 4.79 Å². The van der Waals surface area contributed by atoms with E-state index in [1.807, 2.05) is 24.3 Å². The number of anilines is 1. The van der Waals surface area contributed by atoms with Gasteiger partial charge in [0, 0.05) is 18.0 Å². The molecule has 1 aromatic heterocycles. The minimum absolute atomic E-state index is 0.106. The van der Waals surface area contributed by atoms with Crippen LogP contribution in [-0.2, 0) is 4.79 Å². The van der Waals surface area contributed by atoms with Crippen molar-refractivity contribution in [1.29, 1.82) is 0 Å². The number of hydrogen-bond donors (Lipinski definition) is 1. The van der Waals surface area contributed by atoms with Crippen LogP contribution in [0.15, 0.2) is 30.6 Å². The second-order valence-electron chi connectivity index (χ2n) is 6.91. The molecule has 1 unspecified atom stereocenters. The highest BCUT2D eigenvalue weighted by Gasteiger charge is 2.33.